The first-order chi connectivity index (χ1) is 31.3. The predicted octanol–water partition coefficient (Wildman–Crippen LogP) is -9.41. The van der Waals surface area contributed by atoms with Crippen molar-refractivity contribution in [3.05, 3.63) is 0 Å². The molecule has 0 amide bonds. The Morgan fingerprint density at radius 2 is 0.408 bits per heavy atom. The zero-order valence-corrected chi connectivity index (χ0v) is 41.4. The maximum Gasteiger partial charge on any atom is 0.490 e. The van der Waals surface area contributed by atoms with Gasteiger partial charge in [-0.05, 0) is 0 Å². The van der Waals surface area contributed by atoms with E-state index in [1.54, 1.807) is 0 Å². The molecule has 0 bridgehead atoms. The molecular formula is C18H43O44P9. The number of hydrogen-bond acceptors (Lipinski definition) is 29. The van der Waals surface area contributed by atoms with Crippen LogP contribution in [0.25, 0.3) is 0 Å². The van der Waals surface area contributed by atoms with Gasteiger partial charge in [0.1, 0.15) is 110 Å². The Bertz CT molecular complexity index is 2220. The van der Waals surface area contributed by atoms with Crippen molar-refractivity contribution in [2.75, 3.05) is 0 Å². The highest BCUT2D eigenvalue weighted by atomic mass is 31.3. The minimum absolute atomic E-state index is 2.32. The van der Waals surface area contributed by atoms with E-state index in [9.17, 15) is 117 Å². The molecule has 0 aromatic carbocycles. The first-order valence-corrected chi connectivity index (χ1v) is 31.0. The second-order valence-electron chi connectivity index (χ2n) is 14.0. The number of aliphatic hydroxyl groups is 10. The lowest BCUT2D eigenvalue weighted by atomic mass is 9.85. The molecule has 0 spiro atoms. The van der Waals surface area contributed by atoms with Crippen LogP contribution in [0.2, 0.25) is 0 Å². The van der Waals surface area contributed by atoms with E-state index in [1.807, 2.05) is 0 Å². The van der Waals surface area contributed by atoms with Crippen LogP contribution in [-0.2, 0) is 85.9 Å². The summed E-state index contributed by atoms with van der Waals surface area (Å²) >= 11 is 0. The Labute approximate surface area is 390 Å². The van der Waals surface area contributed by atoms with Crippen LogP contribution in [0.3, 0.4) is 0 Å². The summed E-state index contributed by atoms with van der Waals surface area (Å²) in [6.07, 6.45) is -48.9. The van der Waals surface area contributed by atoms with Crippen molar-refractivity contribution in [1.29, 1.82) is 0 Å². The summed E-state index contributed by atoms with van der Waals surface area (Å²) in [5, 5.41) is 100. The van der Waals surface area contributed by atoms with Crippen LogP contribution in [0.5, 0.6) is 0 Å². The van der Waals surface area contributed by atoms with Gasteiger partial charge in [-0.2, -0.15) is 8.62 Å². The highest BCUT2D eigenvalue weighted by Gasteiger charge is 2.62. The van der Waals surface area contributed by atoms with E-state index in [0.29, 0.717) is 0 Å². The SMILES string of the molecule is O=P(O)(O)OC1C(O)C(O)C(OP(=O)(O)O)C(OP(=O)(O)O)C1O.O=P(O)(O)OC1C(O)C(O)C(OP(=O)(OC2C(O)C(O)C(O)C(O)C2O)OP(=O)(O)OP(=O)(O)O)C(OP(=O)(O)O)C1OP(=O)(O)O. The molecule has 25 N–H and O–H groups in total. The van der Waals surface area contributed by atoms with Crippen molar-refractivity contribution in [3.8, 4) is 0 Å². The zero-order chi connectivity index (χ0) is 56.0. The summed E-state index contributed by atoms with van der Waals surface area (Å²) in [6.45, 7) is 0. The fraction of sp³-hybridized carbons (Fsp3) is 1.00. The van der Waals surface area contributed by atoms with E-state index < -0.39 is 180 Å². The van der Waals surface area contributed by atoms with Gasteiger partial charge >= 0.3 is 70.4 Å². The van der Waals surface area contributed by atoms with Gasteiger partial charge < -0.3 is 124 Å². The highest BCUT2D eigenvalue weighted by Crippen LogP contribution is 2.70. The second kappa shape index (κ2) is 24.4. The third-order valence-corrected chi connectivity index (χ3v) is 16.0. The standard InChI is InChI=1S/C12H28O29P6.C6H15O15P3/c13-1-2(14)4(16)8(5(17)3(1)15)38-47(34,41-46(32,33)40-45(29,30)31)39-10-7(19)6(18)9(35-42(20,21)22)11(36-43(23,24)25)12(10)37-44(26,27)28;7-1-2(8)5(20-23(13,14)15)6(21-24(16,17)18)3(9)4(1)19-22(10,11)12/h1-19H,(H,32,33)(H2,20,21,22)(H2,23,24,25)(H2,26,27,28)(H2,29,30,31);1-9H,(H2,10,11,12)(H2,13,14,15)(H2,16,17,18). The van der Waals surface area contributed by atoms with Crippen molar-refractivity contribution >= 4 is 70.4 Å². The van der Waals surface area contributed by atoms with Gasteiger partial charge in [-0.3, -0.25) is 36.2 Å². The Balaban J connectivity index is 0.000000603. The van der Waals surface area contributed by atoms with Gasteiger partial charge in [0, 0.05) is 0 Å². The van der Waals surface area contributed by atoms with Crippen molar-refractivity contribution in [2.24, 2.45) is 0 Å². The summed E-state index contributed by atoms with van der Waals surface area (Å²) < 4.78 is 146. The molecule has 3 aliphatic carbocycles. The van der Waals surface area contributed by atoms with Crippen LogP contribution in [0.1, 0.15) is 0 Å². The van der Waals surface area contributed by atoms with Crippen molar-refractivity contribution in [2.45, 2.75) is 110 Å². The van der Waals surface area contributed by atoms with E-state index in [-0.39, 0.29) is 0 Å². The Morgan fingerprint density at radius 3 is 0.718 bits per heavy atom. The maximum atomic E-state index is 13.7. The van der Waals surface area contributed by atoms with Gasteiger partial charge in [-0.1, -0.05) is 0 Å². The molecule has 0 radical (unpaired) electrons. The van der Waals surface area contributed by atoms with Crippen LogP contribution >= 0.6 is 70.4 Å². The fourth-order valence-corrected chi connectivity index (χ4v) is 13.4. The van der Waals surface area contributed by atoms with Crippen molar-refractivity contribution < 1.29 is 210 Å². The van der Waals surface area contributed by atoms with E-state index in [4.69, 9.17) is 48.9 Å². The van der Waals surface area contributed by atoms with Gasteiger partial charge in [-0.15, -0.1) is 0 Å². The summed E-state index contributed by atoms with van der Waals surface area (Å²) in [5.74, 6) is 0. The molecule has 0 heterocycles. The predicted molar refractivity (Wildman–Crippen MR) is 203 cm³/mol. The number of phosphoric acid groups is 9. The molecule has 3 rings (SSSR count). The van der Waals surface area contributed by atoms with Crippen LogP contribution in [-0.4, -0.2) is 234 Å². The van der Waals surface area contributed by atoms with E-state index in [0.717, 1.165) is 0 Å². The lowest BCUT2D eigenvalue weighted by Gasteiger charge is -2.47. The van der Waals surface area contributed by atoms with Crippen molar-refractivity contribution in [1.82, 2.24) is 0 Å². The first-order valence-electron chi connectivity index (χ1n) is 17.3. The molecule has 0 aromatic heterocycles. The Hall–Kier alpha value is 0.670. The quantitative estimate of drug-likeness (QED) is 0.0503. The van der Waals surface area contributed by atoms with Crippen LogP contribution in [0, 0.1) is 0 Å². The topological polar surface area (TPSA) is 752 Å². The summed E-state index contributed by atoms with van der Waals surface area (Å²) in [5.41, 5.74) is 0. The van der Waals surface area contributed by atoms with Crippen LogP contribution < -0.4 is 0 Å². The zero-order valence-electron chi connectivity index (χ0n) is 33.4. The van der Waals surface area contributed by atoms with Crippen LogP contribution in [0.15, 0.2) is 0 Å². The normalized spacial score (nSPS) is 37.8. The molecule has 44 nitrogen and oxygen atoms in total. The minimum Gasteiger partial charge on any atom is -0.387 e. The molecule has 3 saturated carbocycles. The maximum absolute atomic E-state index is 13.7. The third kappa shape index (κ3) is 21.4. The molecular weight excluding hydrogens is 1200 g/mol. The molecule has 18 unspecified atom stereocenters. The molecule has 18 atom stereocenters. The Kier molecular flexibility index (Phi) is 23.3. The van der Waals surface area contributed by atoms with Gasteiger partial charge in [-0.25, -0.2) is 41.1 Å². The molecule has 3 aliphatic rings. The van der Waals surface area contributed by atoms with Gasteiger partial charge in [0.25, 0.3) is 0 Å². The molecule has 0 aliphatic heterocycles. The highest BCUT2D eigenvalue weighted by molar-refractivity contribution is 7.67. The van der Waals surface area contributed by atoms with Gasteiger partial charge in [0.2, 0.25) is 0 Å². The van der Waals surface area contributed by atoms with E-state index in [1.165, 1.54) is 0 Å². The average Bonchev–Trinajstić information content (AvgIpc) is 3.12. The minimum atomic E-state index is -6.67. The largest absolute Gasteiger partial charge is 0.490 e. The van der Waals surface area contributed by atoms with E-state index in [2.05, 4.69) is 44.8 Å². The fourth-order valence-electron chi connectivity index (χ4n) is 6.08. The average molecular weight is 1240 g/mol. The number of hydrogen-bond donors (Lipinski definition) is 25. The summed E-state index contributed by atoms with van der Waals surface area (Å²) in [4.78, 5) is 136. The number of rotatable bonds is 20. The van der Waals surface area contributed by atoms with E-state index >= 15 is 0 Å². The molecule has 424 valence electrons. The van der Waals surface area contributed by atoms with Crippen molar-refractivity contribution in [3.63, 3.8) is 0 Å². The molecule has 71 heavy (non-hydrogen) atoms. The molecule has 53 heteroatoms. The molecule has 0 saturated heterocycles. The second-order valence-corrected chi connectivity index (χ2v) is 25.7. The molecule has 3 fully saturated rings. The van der Waals surface area contributed by atoms with Gasteiger partial charge in [0.05, 0.1) is 0 Å². The number of aliphatic hydroxyl groups excluding tert-OH is 10. The molecule has 0 aromatic rings. The monoisotopic (exact) mass is 1240 g/mol. The summed E-state index contributed by atoms with van der Waals surface area (Å²) in [7, 11) is -53.7. The first kappa shape index (κ1) is 67.8. The third-order valence-electron chi connectivity index (χ3n) is 8.56. The van der Waals surface area contributed by atoms with Crippen LogP contribution in [0.4, 0.5) is 0 Å². The summed E-state index contributed by atoms with van der Waals surface area (Å²) in [6, 6.07) is 0. The number of phosphoric ester groups is 7. The lowest BCUT2D eigenvalue weighted by Crippen LogP contribution is -2.66. The smallest absolute Gasteiger partial charge is 0.387 e. The Morgan fingerprint density at radius 1 is 0.211 bits per heavy atom. The lowest BCUT2D eigenvalue weighted by molar-refractivity contribution is -0.227. The van der Waals surface area contributed by atoms with Gasteiger partial charge in [0.15, 0.2) is 0 Å².